The smallest absolute Gasteiger partial charge is 0.312 e. The molecule has 4 rings (SSSR count). The molecule has 1 N–H and O–H groups in total. The third-order valence-corrected chi connectivity index (χ3v) is 11.0. The lowest BCUT2D eigenvalue weighted by molar-refractivity contribution is -0.170. The Morgan fingerprint density at radius 2 is 1.60 bits per heavy atom. The molecular weight excluding hydrogens is 569 g/mol. The normalized spacial score (nSPS) is 22.6. The fourth-order valence-electron chi connectivity index (χ4n) is 7.47. The maximum atomic E-state index is 13.3. The third-order valence-electron chi connectivity index (χ3n) is 9.11. The number of carbonyl (C=O) groups is 2. The van der Waals surface area contributed by atoms with Gasteiger partial charge in [-0.05, 0) is 92.0 Å². The van der Waals surface area contributed by atoms with Gasteiger partial charge < -0.3 is 10.2 Å². The molecule has 0 aromatic heterocycles. The van der Waals surface area contributed by atoms with Crippen molar-refractivity contribution in [2.45, 2.75) is 91.8 Å². The highest BCUT2D eigenvalue weighted by Gasteiger charge is 2.50. The van der Waals surface area contributed by atoms with Crippen LogP contribution in [0.2, 0.25) is 0 Å². The van der Waals surface area contributed by atoms with Crippen molar-refractivity contribution in [2.24, 2.45) is 21.7 Å². The van der Waals surface area contributed by atoms with Crippen LogP contribution in [0, 0.1) is 30.6 Å². The first-order valence-corrected chi connectivity index (χ1v) is 16.1. The van der Waals surface area contributed by atoms with Gasteiger partial charge in [0.05, 0.1) is 5.75 Å². The van der Waals surface area contributed by atoms with Crippen LogP contribution in [0.1, 0.15) is 76.5 Å². The number of rotatable bonds is 6. The van der Waals surface area contributed by atoms with E-state index in [1.165, 1.54) is 16.4 Å². The number of aryl methyl sites for hydroxylation is 2. The second kappa shape index (κ2) is 10.9. The highest BCUT2D eigenvalue weighted by molar-refractivity contribution is 7.89. The van der Waals surface area contributed by atoms with Crippen molar-refractivity contribution in [3.8, 4) is 0 Å². The zero-order valence-electron chi connectivity index (χ0n) is 25.6. The van der Waals surface area contributed by atoms with E-state index in [-0.39, 0.29) is 53.6 Å². The number of anilines is 1. The third kappa shape index (κ3) is 6.69. The lowest BCUT2D eigenvalue weighted by Gasteiger charge is -2.44. The quantitative estimate of drug-likeness (QED) is 0.493. The highest BCUT2D eigenvalue weighted by atomic mass is 32.2. The van der Waals surface area contributed by atoms with Gasteiger partial charge in [0.15, 0.2) is 0 Å². The maximum Gasteiger partial charge on any atom is 0.471 e. The Labute approximate surface area is 247 Å². The molecule has 42 heavy (non-hydrogen) atoms. The highest BCUT2D eigenvalue weighted by Crippen LogP contribution is 2.49. The molecule has 1 spiro atoms. The zero-order valence-corrected chi connectivity index (χ0v) is 26.4. The van der Waals surface area contributed by atoms with Gasteiger partial charge in [0.2, 0.25) is 10.0 Å². The molecule has 0 bridgehead atoms. The van der Waals surface area contributed by atoms with E-state index >= 15 is 0 Å². The second-order valence-corrected chi connectivity index (χ2v) is 16.1. The molecule has 1 aliphatic carbocycles. The molecule has 0 atom stereocenters. The summed E-state index contributed by atoms with van der Waals surface area (Å²) in [7, 11) is -2.60. The Morgan fingerprint density at radius 3 is 2.10 bits per heavy atom. The molecule has 1 saturated heterocycles. The van der Waals surface area contributed by atoms with Crippen LogP contribution in [-0.2, 0) is 26.0 Å². The first kappa shape index (κ1) is 32.4. The summed E-state index contributed by atoms with van der Waals surface area (Å²) in [6.45, 7) is 12.8. The molecular formula is C30H43F3N4O4S. The average molecular weight is 613 g/mol. The molecule has 1 aromatic carbocycles. The van der Waals surface area contributed by atoms with Crippen molar-refractivity contribution in [1.82, 2.24) is 9.62 Å². The number of halogens is 3. The van der Waals surface area contributed by atoms with Gasteiger partial charge in [0.25, 0.3) is 5.91 Å². The minimum absolute atomic E-state index is 0.0929. The number of aliphatic imine (C=N–C) groups is 1. The van der Waals surface area contributed by atoms with E-state index in [0.29, 0.717) is 34.4 Å². The molecule has 0 unspecified atom stereocenters. The molecule has 12 heteroatoms. The molecule has 0 radical (unpaired) electrons. The Hall–Kier alpha value is -2.47. The Morgan fingerprint density at radius 1 is 1.07 bits per heavy atom. The number of amidine groups is 1. The first-order chi connectivity index (χ1) is 19.1. The van der Waals surface area contributed by atoms with Gasteiger partial charge in [-0.25, -0.2) is 12.7 Å². The van der Waals surface area contributed by atoms with Gasteiger partial charge in [0.1, 0.15) is 11.4 Å². The fourth-order valence-corrected chi connectivity index (χ4v) is 8.93. The summed E-state index contributed by atoms with van der Waals surface area (Å²) in [5.74, 6) is -1.38. The van der Waals surface area contributed by atoms with E-state index < -0.39 is 27.6 Å². The molecule has 1 saturated carbocycles. The number of nitrogens with zero attached hydrogens (tertiary/aromatic N) is 3. The number of benzene rings is 1. The fraction of sp³-hybridized carbons (Fsp3) is 0.700. The van der Waals surface area contributed by atoms with E-state index in [1.807, 2.05) is 0 Å². The van der Waals surface area contributed by atoms with Crippen LogP contribution in [0.15, 0.2) is 17.1 Å². The van der Waals surface area contributed by atoms with Crippen molar-refractivity contribution in [3.63, 3.8) is 0 Å². The van der Waals surface area contributed by atoms with Crippen LogP contribution < -0.4 is 10.2 Å². The summed E-state index contributed by atoms with van der Waals surface area (Å²) >= 11 is 0. The van der Waals surface area contributed by atoms with Gasteiger partial charge in [-0.3, -0.25) is 14.6 Å². The van der Waals surface area contributed by atoms with Crippen LogP contribution in [0.3, 0.4) is 0 Å². The van der Waals surface area contributed by atoms with E-state index in [9.17, 15) is 31.2 Å². The molecule has 2 aliphatic heterocycles. The number of nitrogens with one attached hydrogen (secondary N) is 1. The minimum atomic E-state index is -4.99. The summed E-state index contributed by atoms with van der Waals surface area (Å²) in [4.78, 5) is 30.3. The first-order valence-electron chi connectivity index (χ1n) is 14.5. The van der Waals surface area contributed by atoms with Gasteiger partial charge in [-0.1, -0.05) is 27.7 Å². The molecule has 3 aliphatic rings. The number of amides is 2. The van der Waals surface area contributed by atoms with Crippen molar-refractivity contribution >= 4 is 33.4 Å². The van der Waals surface area contributed by atoms with Crippen molar-refractivity contribution in [1.29, 1.82) is 0 Å². The summed E-state index contributed by atoms with van der Waals surface area (Å²) in [5, 5.41) is 3.06. The van der Waals surface area contributed by atoms with Gasteiger partial charge >= 0.3 is 12.1 Å². The average Bonchev–Trinajstić information content (AvgIpc) is 3.15. The van der Waals surface area contributed by atoms with E-state index in [0.717, 1.165) is 32.1 Å². The largest absolute Gasteiger partial charge is 0.471 e. The van der Waals surface area contributed by atoms with Gasteiger partial charge in [-0.2, -0.15) is 13.2 Å². The summed E-state index contributed by atoms with van der Waals surface area (Å²) in [6.07, 6.45) is -1.20. The topological polar surface area (TPSA) is 99.2 Å². The maximum absolute atomic E-state index is 13.3. The molecule has 2 amide bonds. The number of alkyl halides is 3. The second-order valence-electron chi connectivity index (χ2n) is 14.0. The Bertz CT molecular complexity index is 1350. The molecule has 234 valence electrons. The summed E-state index contributed by atoms with van der Waals surface area (Å²) in [5.41, 5.74) is 1.37. The molecule has 2 heterocycles. The van der Waals surface area contributed by atoms with Crippen LogP contribution in [0.25, 0.3) is 0 Å². The summed E-state index contributed by atoms with van der Waals surface area (Å²) in [6, 6.07) is 2.93. The Kier molecular flexibility index (Phi) is 8.43. The van der Waals surface area contributed by atoms with Gasteiger partial charge in [0, 0.05) is 31.7 Å². The number of hydrogen-bond acceptors (Lipinski definition) is 5. The number of sulfonamides is 1. The minimum Gasteiger partial charge on any atom is -0.312 e. The molecule has 1 aromatic rings. The SMILES string of the molecule is Cc1cc(N(C)C(=O)C(F)(F)F)cc(C)c1CCS(=O)(=O)N1CCC2(CC1)N=C(C1CC(C)(C)CC(C)(C)C1)NC2=O. The van der Waals surface area contributed by atoms with Crippen LogP contribution in [-0.4, -0.2) is 68.0 Å². The van der Waals surface area contributed by atoms with E-state index in [1.54, 1.807) is 13.8 Å². The summed E-state index contributed by atoms with van der Waals surface area (Å²) < 4.78 is 66.7. The number of carbonyl (C=O) groups excluding carboxylic acids is 2. The zero-order chi connectivity index (χ0) is 31.5. The van der Waals surface area contributed by atoms with Crippen molar-refractivity contribution in [3.05, 3.63) is 28.8 Å². The molecule has 2 fully saturated rings. The van der Waals surface area contributed by atoms with Crippen LogP contribution >= 0.6 is 0 Å². The monoisotopic (exact) mass is 612 g/mol. The van der Waals surface area contributed by atoms with Crippen molar-refractivity contribution in [2.75, 3.05) is 30.8 Å². The standard InChI is InChI=1S/C30H43F3N4O4S/c1-19-14-22(36(7)26(39)30(31,32)33)15-20(2)23(19)8-13-42(40,41)37-11-9-29(10-12-37)25(38)34-24(35-29)21-16-27(3,4)18-28(5,6)17-21/h14-15,21H,8-13,16-18H2,1-7H3,(H,34,35,38). The predicted octanol–water partition coefficient (Wildman–Crippen LogP) is 4.92. The lowest BCUT2D eigenvalue weighted by Crippen LogP contribution is -2.51. The van der Waals surface area contributed by atoms with Gasteiger partial charge in [-0.15, -0.1) is 0 Å². The lowest BCUT2D eigenvalue weighted by atomic mass is 9.61. The van der Waals surface area contributed by atoms with Crippen LogP contribution in [0.4, 0.5) is 18.9 Å². The van der Waals surface area contributed by atoms with Crippen LogP contribution in [0.5, 0.6) is 0 Å². The Balaban J connectivity index is 1.41. The van der Waals surface area contributed by atoms with E-state index in [4.69, 9.17) is 4.99 Å². The predicted molar refractivity (Wildman–Crippen MR) is 157 cm³/mol. The number of hydrogen-bond donors (Lipinski definition) is 1. The van der Waals surface area contributed by atoms with E-state index in [2.05, 4.69) is 33.0 Å². The van der Waals surface area contributed by atoms with Crippen molar-refractivity contribution < 1.29 is 31.2 Å². The number of piperidine rings is 1. The molecule has 8 nitrogen and oxygen atoms in total.